The fourth-order valence-corrected chi connectivity index (χ4v) is 5.33. The van der Waals surface area contributed by atoms with Gasteiger partial charge < -0.3 is 25.2 Å². The Morgan fingerprint density at radius 2 is 1.79 bits per heavy atom. The van der Waals surface area contributed by atoms with Crippen molar-refractivity contribution in [2.45, 2.75) is 64.4 Å². The molecule has 3 aromatic rings. The molecule has 226 valence electrons. The average Bonchev–Trinajstić information content (AvgIpc) is 3.46. The van der Waals surface area contributed by atoms with Crippen molar-refractivity contribution in [3.63, 3.8) is 0 Å². The summed E-state index contributed by atoms with van der Waals surface area (Å²) in [6.07, 6.45) is 2.72. The molecule has 2 N–H and O–H groups in total. The second-order valence-electron chi connectivity index (χ2n) is 11.1. The third-order valence-electron chi connectivity index (χ3n) is 7.46. The second kappa shape index (κ2) is 13.5. The van der Waals surface area contributed by atoms with Gasteiger partial charge in [-0.05, 0) is 50.1 Å². The smallest absolute Gasteiger partial charge is 0.254 e. The van der Waals surface area contributed by atoms with Crippen molar-refractivity contribution < 1.29 is 23.9 Å². The fourth-order valence-electron chi connectivity index (χ4n) is 5.33. The van der Waals surface area contributed by atoms with E-state index in [1.807, 2.05) is 44.2 Å². The molecule has 2 aliphatic heterocycles. The molecule has 2 aromatic carbocycles. The molecule has 3 heterocycles. The summed E-state index contributed by atoms with van der Waals surface area (Å²) in [5.41, 5.74) is 1.90. The van der Waals surface area contributed by atoms with Crippen molar-refractivity contribution in [1.82, 2.24) is 35.4 Å². The van der Waals surface area contributed by atoms with Crippen LogP contribution in [0.3, 0.4) is 0 Å². The van der Waals surface area contributed by atoms with E-state index < -0.39 is 18.0 Å². The van der Waals surface area contributed by atoms with E-state index >= 15 is 0 Å². The van der Waals surface area contributed by atoms with E-state index in [-0.39, 0.29) is 62.8 Å². The Labute approximate surface area is 250 Å². The molecular weight excluding hydrogens is 550 g/mol. The second-order valence-corrected chi connectivity index (χ2v) is 11.1. The van der Waals surface area contributed by atoms with Crippen LogP contribution in [-0.2, 0) is 33.9 Å². The van der Waals surface area contributed by atoms with Gasteiger partial charge in [-0.25, -0.2) is 0 Å². The number of hydrogen-bond donors (Lipinski definition) is 2. The van der Waals surface area contributed by atoms with Gasteiger partial charge in [0.1, 0.15) is 23.5 Å². The van der Waals surface area contributed by atoms with Crippen LogP contribution in [0.15, 0.2) is 60.8 Å². The van der Waals surface area contributed by atoms with Gasteiger partial charge in [0.2, 0.25) is 17.7 Å². The van der Waals surface area contributed by atoms with Crippen LogP contribution < -0.4 is 15.4 Å². The van der Waals surface area contributed by atoms with Crippen molar-refractivity contribution >= 4 is 23.6 Å². The third-order valence-corrected chi connectivity index (χ3v) is 7.46. The molecule has 43 heavy (non-hydrogen) atoms. The van der Waals surface area contributed by atoms with Crippen molar-refractivity contribution in [2.24, 2.45) is 0 Å². The molecular formula is C31H37N7O5. The zero-order chi connectivity index (χ0) is 30.3. The highest BCUT2D eigenvalue weighted by atomic mass is 16.5. The lowest BCUT2D eigenvalue weighted by atomic mass is 10.0. The van der Waals surface area contributed by atoms with Gasteiger partial charge in [0.05, 0.1) is 25.4 Å². The van der Waals surface area contributed by atoms with E-state index in [4.69, 9.17) is 4.74 Å². The zero-order valence-electron chi connectivity index (χ0n) is 24.4. The first-order valence-corrected chi connectivity index (χ1v) is 14.6. The summed E-state index contributed by atoms with van der Waals surface area (Å²) in [6, 6.07) is 14.5. The maximum Gasteiger partial charge on any atom is 0.254 e. The Morgan fingerprint density at radius 1 is 1.02 bits per heavy atom. The molecule has 2 bridgehead atoms. The maximum atomic E-state index is 14.1. The quantitative estimate of drug-likeness (QED) is 0.462. The molecule has 12 nitrogen and oxygen atoms in total. The number of fused-ring (bicyclic) bond motifs is 3. The van der Waals surface area contributed by atoms with Gasteiger partial charge in [-0.3, -0.25) is 23.9 Å². The minimum absolute atomic E-state index is 0.000649. The van der Waals surface area contributed by atoms with Crippen LogP contribution in [0.5, 0.6) is 5.75 Å². The van der Waals surface area contributed by atoms with E-state index in [0.29, 0.717) is 30.0 Å². The summed E-state index contributed by atoms with van der Waals surface area (Å²) in [6.45, 7) is 4.81. The predicted octanol–water partition coefficient (Wildman–Crippen LogP) is 1.56. The van der Waals surface area contributed by atoms with E-state index in [0.717, 1.165) is 5.56 Å². The van der Waals surface area contributed by atoms with Crippen LogP contribution in [0.25, 0.3) is 0 Å². The van der Waals surface area contributed by atoms with Gasteiger partial charge >= 0.3 is 0 Å². The molecule has 0 unspecified atom stereocenters. The number of carbonyl (C=O) groups is 4. The van der Waals surface area contributed by atoms with E-state index in [9.17, 15) is 19.2 Å². The Morgan fingerprint density at radius 3 is 2.53 bits per heavy atom. The van der Waals surface area contributed by atoms with Crippen LogP contribution in [0.4, 0.5) is 0 Å². The molecule has 0 saturated carbocycles. The molecule has 12 heteroatoms. The summed E-state index contributed by atoms with van der Waals surface area (Å²) >= 11 is 0. The molecule has 0 spiro atoms. The van der Waals surface area contributed by atoms with Gasteiger partial charge in [0.15, 0.2) is 0 Å². The number of rotatable bonds is 5. The first-order valence-electron chi connectivity index (χ1n) is 14.6. The number of ether oxygens (including phenoxy) is 1. The SMILES string of the molecule is CC(C)Oc1ccc(C(=O)N2CCN3C(=O)[C@H](Cc4ccccc4)NC(=O)CCCn4cc(nn4)CNC(=O)[C@H]3C2)cc1. The number of piperazine rings is 1. The number of aryl methyl sites for hydroxylation is 1. The average molecular weight is 588 g/mol. The molecule has 1 fully saturated rings. The Balaban J connectivity index is 1.40. The molecule has 0 radical (unpaired) electrons. The molecule has 0 aliphatic carbocycles. The van der Waals surface area contributed by atoms with E-state index in [1.165, 1.54) is 4.90 Å². The standard InChI is InChI=1S/C31H37N7O5/c1-21(2)43-25-12-10-23(11-13-25)30(41)36-15-16-38-27(20-36)29(40)32-18-24-19-37(35-34-24)14-6-9-28(39)33-26(31(38)42)17-22-7-4-3-5-8-22/h3-5,7-8,10-13,19,21,26-27H,6,9,14-18,20H2,1-2H3,(H,32,40)(H,33,39)/t26-,27+/m0/s1. The number of carbonyl (C=O) groups excluding carboxylic acids is 4. The highest BCUT2D eigenvalue weighted by molar-refractivity contribution is 5.96. The van der Waals surface area contributed by atoms with E-state index in [1.54, 1.807) is 40.0 Å². The minimum atomic E-state index is -0.968. The lowest BCUT2D eigenvalue weighted by Crippen LogP contribution is -2.64. The highest BCUT2D eigenvalue weighted by Gasteiger charge is 2.40. The summed E-state index contributed by atoms with van der Waals surface area (Å²) in [4.78, 5) is 57.2. The normalized spacial score (nSPS) is 20.0. The third kappa shape index (κ3) is 7.56. The van der Waals surface area contributed by atoms with Crippen LogP contribution in [0, 0.1) is 0 Å². The maximum absolute atomic E-state index is 14.1. The number of hydrogen-bond acceptors (Lipinski definition) is 7. The first kappa shape index (κ1) is 29.7. The number of aromatic nitrogens is 3. The number of nitrogens with one attached hydrogen (secondary N) is 2. The monoisotopic (exact) mass is 587 g/mol. The lowest BCUT2D eigenvalue weighted by molar-refractivity contribution is -0.146. The topological polar surface area (TPSA) is 139 Å². The molecule has 2 atom stereocenters. The molecule has 2 aliphatic rings. The van der Waals surface area contributed by atoms with Crippen LogP contribution >= 0.6 is 0 Å². The van der Waals surface area contributed by atoms with Crippen LogP contribution in [-0.4, -0.2) is 86.2 Å². The van der Waals surface area contributed by atoms with Gasteiger partial charge in [0, 0.05) is 38.0 Å². The van der Waals surface area contributed by atoms with Crippen LogP contribution in [0.1, 0.15) is 48.3 Å². The van der Waals surface area contributed by atoms with Crippen molar-refractivity contribution in [3.8, 4) is 5.75 Å². The lowest BCUT2D eigenvalue weighted by Gasteiger charge is -2.42. The molecule has 1 aromatic heterocycles. The number of benzene rings is 2. The summed E-state index contributed by atoms with van der Waals surface area (Å²) in [7, 11) is 0. The fraction of sp³-hybridized carbons (Fsp3) is 0.419. The van der Waals surface area contributed by atoms with Gasteiger partial charge in [0.25, 0.3) is 5.91 Å². The Hall–Kier alpha value is -4.74. The summed E-state index contributed by atoms with van der Waals surface area (Å²) < 4.78 is 7.32. The minimum Gasteiger partial charge on any atom is -0.491 e. The van der Waals surface area contributed by atoms with Gasteiger partial charge in [-0.2, -0.15) is 0 Å². The molecule has 4 amide bonds. The first-order chi connectivity index (χ1) is 20.8. The van der Waals surface area contributed by atoms with Gasteiger partial charge in [-0.1, -0.05) is 35.5 Å². The zero-order valence-corrected chi connectivity index (χ0v) is 24.4. The summed E-state index contributed by atoms with van der Waals surface area (Å²) in [5, 5.41) is 14.0. The number of nitrogens with zero attached hydrogens (tertiary/aromatic N) is 5. The van der Waals surface area contributed by atoms with E-state index in [2.05, 4.69) is 20.9 Å². The highest BCUT2D eigenvalue weighted by Crippen LogP contribution is 2.20. The van der Waals surface area contributed by atoms with Crippen LogP contribution in [0.2, 0.25) is 0 Å². The Kier molecular flexibility index (Phi) is 9.33. The van der Waals surface area contributed by atoms with Gasteiger partial charge in [-0.15, -0.1) is 5.10 Å². The Bertz CT molecular complexity index is 1440. The van der Waals surface area contributed by atoms with Crippen molar-refractivity contribution in [2.75, 3.05) is 19.6 Å². The largest absolute Gasteiger partial charge is 0.491 e. The number of amides is 4. The summed E-state index contributed by atoms with van der Waals surface area (Å²) in [5.74, 6) is -0.626. The predicted molar refractivity (Wildman–Crippen MR) is 157 cm³/mol. The van der Waals surface area contributed by atoms with Crippen molar-refractivity contribution in [3.05, 3.63) is 77.6 Å². The molecule has 1 saturated heterocycles. The van der Waals surface area contributed by atoms with Crippen molar-refractivity contribution in [1.29, 1.82) is 0 Å². The molecule has 5 rings (SSSR count).